The second-order valence-electron chi connectivity index (χ2n) is 5.27. The molecular weight excluding hydrogens is 290 g/mol. The van der Waals surface area contributed by atoms with Gasteiger partial charge in [-0.05, 0) is 44.5 Å². The summed E-state index contributed by atoms with van der Waals surface area (Å²) in [5.41, 5.74) is 1.95. The number of hydrogen-bond donors (Lipinski definition) is 1. The van der Waals surface area contributed by atoms with Gasteiger partial charge >= 0.3 is 0 Å². The number of carbonyl (C=O) groups is 1. The third-order valence-electron chi connectivity index (χ3n) is 3.27. The molecule has 23 heavy (non-hydrogen) atoms. The monoisotopic (exact) mass is 313 g/mol. The van der Waals surface area contributed by atoms with Crippen LogP contribution in [0.3, 0.4) is 0 Å². The van der Waals surface area contributed by atoms with E-state index in [1.165, 1.54) is 5.56 Å². The van der Waals surface area contributed by atoms with E-state index in [0.29, 0.717) is 26.1 Å². The molecule has 122 valence electrons. The molecule has 1 N–H and O–H groups in total. The summed E-state index contributed by atoms with van der Waals surface area (Å²) < 4.78 is 11.0. The average molecular weight is 313 g/mol. The van der Waals surface area contributed by atoms with Gasteiger partial charge in [-0.1, -0.05) is 23.8 Å². The van der Waals surface area contributed by atoms with Gasteiger partial charge in [-0.25, -0.2) is 0 Å². The Morgan fingerprint density at radius 1 is 1.04 bits per heavy atom. The molecule has 0 aliphatic carbocycles. The van der Waals surface area contributed by atoms with E-state index < -0.39 is 0 Å². The SMILES string of the molecule is CCOc1cccc(NC(=O)CCCOc2ccc(C)cc2)c1. The zero-order valence-corrected chi connectivity index (χ0v) is 13.7. The van der Waals surface area contributed by atoms with E-state index in [0.717, 1.165) is 17.2 Å². The average Bonchev–Trinajstić information content (AvgIpc) is 2.54. The number of amides is 1. The summed E-state index contributed by atoms with van der Waals surface area (Å²) in [4.78, 5) is 11.9. The van der Waals surface area contributed by atoms with E-state index in [1.807, 2.05) is 62.4 Å². The predicted octanol–water partition coefficient (Wildman–Crippen LogP) is 4.19. The third-order valence-corrected chi connectivity index (χ3v) is 3.27. The Labute approximate surface area is 137 Å². The molecule has 0 bridgehead atoms. The number of nitrogens with one attached hydrogen (secondary N) is 1. The van der Waals surface area contributed by atoms with E-state index in [-0.39, 0.29) is 5.91 Å². The van der Waals surface area contributed by atoms with E-state index in [4.69, 9.17) is 9.47 Å². The summed E-state index contributed by atoms with van der Waals surface area (Å²) in [5, 5.41) is 2.87. The number of anilines is 1. The summed E-state index contributed by atoms with van der Waals surface area (Å²) >= 11 is 0. The highest BCUT2D eigenvalue weighted by molar-refractivity contribution is 5.90. The van der Waals surface area contributed by atoms with E-state index >= 15 is 0 Å². The lowest BCUT2D eigenvalue weighted by Crippen LogP contribution is -2.12. The van der Waals surface area contributed by atoms with Crippen molar-refractivity contribution in [3.8, 4) is 11.5 Å². The highest BCUT2D eigenvalue weighted by Crippen LogP contribution is 2.17. The lowest BCUT2D eigenvalue weighted by atomic mass is 10.2. The molecule has 0 spiro atoms. The molecule has 4 nitrogen and oxygen atoms in total. The number of rotatable bonds is 8. The predicted molar refractivity (Wildman–Crippen MR) is 92.1 cm³/mol. The van der Waals surface area contributed by atoms with Crippen molar-refractivity contribution in [3.63, 3.8) is 0 Å². The van der Waals surface area contributed by atoms with Gasteiger partial charge in [0.15, 0.2) is 0 Å². The Kier molecular flexibility index (Phi) is 6.48. The third kappa shape index (κ3) is 6.02. The van der Waals surface area contributed by atoms with Crippen molar-refractivity contribution in [1.29, 1.82) is 0 Å². The van der Waals surface area contributed by atoms with Crippen LogP contribution in [0.1, 0.15) is 25.3 Å². The number of ether oxygens (including phenoxy) is 2. The lowest BCUT2D eigenvalue weighted by molar-refractivity contribution is -0.116. The molecule has 0 aliphatic heterocycles. The molecule has 2 aromatic carbocycles. The molecule has 2 aromatic rings. The van der Waals surface area contributed by atoms with Gasteiger partial charge in [-0.2, -0.15) is 0 Å². The summed E-state index contributed by atoms with van der Waals surface area (Å²) in [6.45, 7) is 5.09. The number of carbonyl (C=O) groups excluding carboxylic acids is 1. The van der Waals surface area contributed by atoms with Crippen molar-refractivity contribution in [2.45, 2.75) is 26.7 Å². The number of aryl methyl sites for hydroxylation is 1. The number of hydrogen-bond acceptors (Lipinski definition) is 3. The van der Waals surface area contributed by atoms with Crippen LogP contribution in [0.5, 0.6) is 11.5 Å². The highest BCUT2D eigenvalue weighted by atomic mass is 16.5. The molecule has 1 amide bonds. The first-order valence-corrected chi connectivity index (χ1v) is 7.89. The summed E-state index contributed by atoms with van der Waals surface area (Å²) in [6.07, 6.45) is 1.09. The van der Waals surface area contributed by atoms with Crippen LogP contribution in [-0.4, -0.2) is 19.1 Å². The minimum absolute atomic E-state index is 0.0221. The second kappa shape index (κ2) is 8.83. The van der Waals surface area contributed by atoms with E-state index in [2.05, 4.69) is 5.32 Å². The van der Waals surface area contributed by atoms with Crippen molar-refractivity contribution in [2.24, 2.45) is 0 Å². The Hall–Kier alpha value is -2.49. The standard InChI is InChI=1S/C19H23NO3/c1-3-22-18-7-4-6-16(14-18)20-19(21)8-5-13-23-17-11-9-15(2)10-12-17/h4,6-7,9-12,14H,3,5,8,13H2,1-2H3,(H,20,21). The molecule has 0 atom stereocenters. The summed E-state index contributed by atoms with van der Waals surface area (Å²) in [5.74, 6) is 1.57. The lowest BCUT2D eigenvalue weighted by Gasteiger charge is -2.09. The van der Waals surface area contributed by atoms with Crippen molar-refractivity contribution >= 4 is 11.6 Å². The fraction of sp³-hybridized carbons (Fsp3) is 0.316. The topological polar surface area (TPSA) is 47.6 Å². The zero-order valence-electron chi connectivity index (χ0n) is 13.7. The van der Waals surface area contributed by atoms with Gasteiger partial charge in [0, 0.05) is 18.2 Å². The van der Waals surface area contributed by atoms with Gasteiger partial charge in [0.25, 0.3) is 0 Å². The smallest absolute Gasteiger partial charge is 0.224 e. The highest BCUT2D eigenvalue weighted by Gasteiger charge is 2.04. The summed E-state index contributed by atoms with van der Waals surface area (Å²) in [7, 11) is 0. The van der Waals surface area contributed by atoms with Crippen LogP contribution in [0.2, 0.25) is 0 Å². The minimum atomic E-state index is -0.0221. The Balaban J connectivity index is 1.70. The molecule has 4 heteroatoms. The molecule has 0 saturated carbocycles. The molecule has 0 heterocycles. The Bertz CT molecular complexity index is 623. The van der Waals surface area contributed by atoms with Gasteiger partial charge in [0.1, 0.15) is 11.5 Å². The van der Waals surface area contributed by atoms with Gasteiger partial charge in [0.05, 0.1) is 13.2 Å². The maximum absolute atomic E-state index is 11.9. The first-order valence-electron chi connectivity index (χ1n) is 7.89. The molecule has 0 aromatic heterocycles. The molecule has 0 fully saturated rings. The first-order chi connectivity index (χ1) is 11.2. The van der Waals surface area contributed by atoms with Gasteiger partial charge in [0.2, 0.25) is 5.91 Å². The normalized spacial score (nSPS) is 10.2. The number of benzene rings is 2. The maximum Gasteiger partial charge on any atom is 0.224 e. The molecule has 0 unspecified atom stereocenters. The van der Waals surface area contributed by atoms with Crippen molar-refractivity contribution in [2.75, 3.05) is 18.5 Å². The van der Waals surface area contributed by atoms with Crippen LogP contribution in [-0.2, 0) is 4.79 Å². The van der Waals surface area contributed by atoms with E-state index in [9.17, 15) is 4.79 Å². The van der Waals surface area contributed by atoms with Crippen LogP contribution in [0, 0.1) is 6.92 Å². The first kappa shape index (κ1) is 16.9. The zero-order chi connectivity index (χ0) is 16.5. The fourth-order valence-corrected chi connectivity index (χ4v) is 2.11. The van der Waals surface area contributed by atoms with Crippen molar-refractivity contribution in [1.82, 2.24) is 0 Å². The second-order valence-corrected chi connectivity index (χ2v) is 5.27. The van der Waals surface area contributed by atoms with Crippen molar-refractivity contribution in [3.05, 3.63) is 54.1 Å². The minimum Gasteiger partial charge on any atom is -0.494 e. The molecule has 2 rings (SSSR count). The molecule has 0 saturated heterocycles. The largest absolute Gasteiger partial charge is 0.494 e. The summed E-state index contributed by atoms with van der Waals surface area (Å²) in [6, 6.07) is 15.3. The Morgan fingerprint density at radius 2 is 1.83 bits per heavy atom. The molecule has 0 radical (unpaired) electrons. The van der Waals surface area contributed by atoms with Crippen LogP contribution in [0.15, 0.2) is 48.5 Å². The van der Waals surface area contributed by atoms with Crippen molar-refractivity contribution < 1.29 is 14.3 Å². The van der Waals surface area contributed by atoms with E-state index in [1.54, 1.807) is 0 Å². The van der Waals surface area contributed by atoms with Gasteiger partial charge in [-0.3, -0.25) is 4.79 Å². The maximum atomic E-state index is 11.9. The molecular formula is C19H23NO3. The fourth-order valence-electron chi connectivity index (χ4n) is 2.11. The van der Waals surface area contributed by atoms with Gasteiger partial charge in [-0.15, -0.1) is 0 Å². The molecule has 0 aliphatic rings. The van der Waals surface area contributed by atoms with Gasteiger partial charge < -0.3 is 14.8 Å². The van der Waals surface area contributed by atoms with Crippen LogP contribution in [0.25, 0.3) is 0 Å². The van der Waals surface area contributed by atoms with Crippen LogP contribution < -0.4 is 14.8 Å². The van der Waals surface area contributed by atoms with Crippen LogP contribution in [0.4, 0.5) is 5.69 Å². The Morgan fingerprint density at radius 3 is 2.57 bits per heavy atom. The van der Waals surface area contributed by atoms with Crippen LogP contribution >= 0.6 is 0 Å². The quantitative estimate of drug-likeness (QED) is 0.743.